The zero-order chi connectivity index (χ0) is 13.4. The molecule has 0 amide bonds. The van der Waals surface area contributed by atoms with Gasteiger partial charge in [-0.3, -0.25) is 4.90 Å². The molecule has 0 bridgehead atoms. The minimum Gasteiger partial charge on any atom is -0.496 e. The first-order chi connectivity index (χ1) is 9.26. The maximum absolute atomic E-state index is 5.56. The molecule has 3 unspecified atom stereocenters. The second-order valence-corrected chi connectivity index (χ2v) is 6.13. The quantitative estimate of drug-likeness (QED) is 0.824. The van der Waals surface area contributed by atoms with Gasteiger partial charge in [0.05, 0.1) is 7.11 Å². The Morgan fingerprint density at radius 2 is 2.21 bits per heavy atom. The highest BCUT2D eigenvalue weighted by molar-refractivity contribution is 5.45. The van der Waals surface area contributed by atoms with Crippen molar-refractivity contribution in [1.82, 2.24) is 4.90 Å². The molecule has 3 atom stereocenters. The number of ether oxygens (including phenoxy) is 1. The molecule has 1 aromatic rings. The van der Waals surface area contributed by atoms with Gasteiger partial charge in [-0.15, -0.1) is 0 Å². The number of nitrogens with zero attached hydrogens (tertiary/aromatic N) is 1. The summed E-state index contributed by atoms with van der Waals surface area (Å²) >= 11 is 0. The lowest BCUT2D eigenvalue weighted by molar-refractivity contribution is 0.226. The number of likely N-dealkylation sites (tertiary alicyclic amines) is 1. The van der Waals surface area contributed by atoms with Crippen molar-refractivity contribution in [3.8, 4) is 5.75 Å². The van der Waals surface area contributed by atoms with Gasteiger partial charge in [-0.1, -0.05) is 26.0 Å². The first-order valence-electron chi connectivity index (χ1n) is 7.66. The largest absolute Gasteiger partial charge is 0.496 e. The van der Waals surface area contributed by atoms with Gasteiger partial charge in [0.15, 0.2) is 0 Å². The molecule has 1 heterocycles. The van der Waals surface area contributed by atoms with E-state index in [2.05, 4.69) is 36.9 Å². The molecule has 1 aromatic carbocycles. The van der Waals surface area contributed by atoms with Crippen molar-refractivity contribution in [1.29, 1.82) is 0 Å². The average Bonchev–Trinajstić information content (AvgIpc) is 2.75. The predicted octanol–water partition coefficient (Wildman–Crippen LogP) is 3.46. The van der Waals surface area contributed by atoms with E-state index >= 15 is 0 Å². The van der Waals surface area contributed by atoms with Crippen molar-refractivity contribution in [3.05, 3.63) is 29.3 Å². The molecule has 0 spiro atoms. The van der Waals surface area contributed by atoms with Gasteiger partial charge in [-0.25, -0.2) is 0 Å². The van der Waals surface area contributed by atoms with Crippen molar-refractivity contribution in [3.63, 3.8) is 0 Å². The van der Waals surface area contributed by atoms with Crippen molar-refractivity contribution in [2.45, 2.75) is 45.1 Å². The standard InChI is InChI=1S/C17H25NO/c1-4-10-18-11-12(2)17-14-6-5-7-16(19-3)13(14)8-9-15(17)18/h5-7,12,15,17H,4,8-11H2,1-3H3. The molecule has 2 aliphatic rings. The number of fused-ring (bicyclic) bond motifs is 3. The molecule has 2 nitrogen and oxygen atoms in total. The van der Waals surface area contributed by atoms with E-state index < -0.39 is 0 Å². The summed E-state index contributed by atoms with van der Waals surface area (Å²) in [5.41, 5.74) is 3.03. The molecule has 1 saturated heterocycles. The summed E-state index contributed by atoms with van der Waals surface area (Å²) in [7, 11) is 1.79. The molecule has 1 fully saturated rings. The summed E-state index contributed by atoms with van der Waals surface area (Å²) in [5.74, 6) is 2.57. The van der Waals surface area contributed by atoms with E-state index in [1.54, 1.807) is 12.7 Å². The number of methoxy groups -OCH3 is 1. The first kappa shape index (κ1) is 13.0. The molecular formula is C17H25NO. The van der Waals surface area contributed by atoms with Gasteiger partial charge in [-0.2, -0.15) is 0 Å². The highest BCUT2D eigenvalue weighted by atomic mass is 16.5. The maximum Gasteiger partial charge on any atom is 0.122 e. The molecule has 1 aliphatic heterocycles. The molecule has 19 heavy (non-hydrogen) atoms. The normalized spacial score (nSPS) is 29.9. The SMILES string of the molecule is CCCN1CC(C)C2c3cccc(OC)c3CCC21. The van der Waals surface area contributed by atoms with Crippen molar-refractivity contribution < 1.29 is 4.74 Å². The van der Waals surface area contributed by atoms with Crippen molar-refractivity contribution >= 4 is 0 Å². The topological polar surface area (TPSA) is 12.5 Å². The summed E-state index contributed by atoms with van der Waals surface area (Å²) in [4.78, 5) is 2.72. The monoisotopic (exact) mass is 259 g/mol. The van der Waals surface area contributed by atoms with Crippen LogP contribution in [0, 0.1) is 5.92 Å². The summed E-state index contributed by atoms with van der Waals surface area (Å²) < 4.78 is 5.56. The van der Waals surface area contributed by atoms with Gasteiger partial charge in [0.25, 0.3) is 0 Å². The van der Waals surface area contributed by atoms with E-state index in [0.717, 1.165) is 17.7 Å². The fraction of sp³-hybridized carbons (Fsp3) is 0.647. The van der Waals surface area contributed by atoms with E-state index in [0.29, 0.717) is 5.92 Å². The number of hydrogen-bond acceptors (Lipinski definition) is 2. The molecular weight excluding hydrogens is 234 g/mol. The Labute approximate surface area is 116 Å². The third kappa shape index (κ3) is 2.06. The summed E-state index contributed by atoms with van der Waals surface area (Å²) in [6.07, 6.45) is 3.73. The van der Waals surface area contributed by atoms with Gasteiger partial charge in [0, 0.05) is 18.5 Å². The van der Waals surface area contributed by atoms with Crippen LogP contribution in [-0.2, 0) is 6.42 Å². The average molecular weight is 259 g/mol. The number of hydrogen-bond donors (Lipinski definition) is 0. The summed E-state index contributed by atoms with van der Waals surface area (Å²) in [5, 5.41) is 0. The Bertz CT molecular complexity index is 457. The van der Waals surface area contributed by atoms with Crippen LogP contribution in [0.2, 0.25) is 0 Å². The lowest BCUT2D eigenvalue weighted by Crippen LogP contribution is -2.35. The van der Waals surface area contributed by atoms with Crippen LogP contribution in [0.15, 0.2) is 18.2 Å². The van der Waals surface area contributed by atoms with Crippen LogP contribution in [-0.4, -0.2) is 31.1 Å². The minimum atomic E-state index is 0.713. The lowest BCUT2D eigenvalue weighted by Gasteiger charge is -2.34. The Kier molecular flexibility index (Phi) is 3.53. The van der Waals surface area contributed by atoms with Gasteiger partial charge >= 0.3 is 0 Å². The Balaban J connectivity index is 1.97. The molecule has 0 N–H and O–H groups in total. The van der Waals surface area contributed by atoms with E-state index in [1.807, 2.05) is 0 Å². The lowest BCUT2D eigenvalue weighted by atomic mass is 9.75. The van der Waals surface area contributed by atoms with Crippen LogP contribution in [0.4, 0.5) is 0 Å². The highest BCUT2D eigenvalue weighted by Crippen LogP contribution is 2.46. The van der Waals surface area contributed by atoms with Crippen molar-refractivity contribution in [2.75, 3.05) is 20.2 Å². The zero-order valence-electron chi connectivity index (χ0n) is 12.4. The van der Waals surface area contributed by atoms with Crippen LogP contribution in [0.5, 0.6) is 5.75 Å². The Hall–Kier alpha value is -1.02. The van der Waals surface area contributed by atoms with Gasteiger partial charge < -0.3 is 4.74 Å². The Morgan fingerprint density at radius 1 is 1.37 bits per heavy atom. The second-order valence-electron chi connectivity index (χ2n) is 6.13. The third-order valence-corrected chi connectivity index (χ3v) is 4.97. The fourth-order valence-electron chi connectivity index (χ4n) is 4.29. The van der Waals surface area contributed by atoms with Crippen LogP contribution in [0.3, 0.4) is 0 Å². The highest BCUT2D eigenvalue weighted by Gasteiger charge is 2.43. The molecule has 0 radical (unpaired) electrons. The molecule has 2 heteroatoms. The predicted molar refractivity (Wildman–Crippen MR) is 78.9 cm³/mol. The maximum atomic E-state index is 5.56. The van der Waals surface area contributed by atoms with Crippen LogP contribution in [0.25, 0.3) is 0 Å². The van der Waals surface area contributed by atoms with E-state index in [9.17, 15) is 0 Å². The Morgan fingerprint density at radius 3 is 2.95 bits per heavy atom. The summed E-state index contributed by atoms with van der Waals surface area (Å²) in [6.45, 7) is 7.23. The second kappa shape index (κ2) is 5.16. The molecule has 0 saturated carbocycles. The van der Waals surface area contributed by atoms with Gasteiger partial charge in [0.1, 0.15) is 5.75 Å². The summed E-state index contributed by atoms with van der Waals surface area (Å²) in [6, 6.07) is 7.37. The fourth-order valence-corrected chi connectivity index (χ4v) is 4.29. The molecule has 3 rings (SSSR count). The molecule has 1 aliphatic carbocycles. The first-order valence-corrected chi connectivity index (χ1v) is 7.66. The third-order valence-electron chi connectivity index (χ3n) is 4.97. The smallest absolute Gasteiger partial charge is 0.122 e. The zero-order valence-corrected chi connectivity index (χ0v) is 12.4. The van der Waals surface area contributed by atoms with Gasteiger partial charge in [-0.05, 0) is 48.9 Å². The molecule has 104 valence electrons. The van der Waals surface area contributed by atoms with Crippen molar-refractivity contribution in [2.24, 2.45) is 5.92 Å². The van der Waals surface area contributed by atoms with Gasteiger partial charge in [0.2, 0.25) is 0 Å². The van der Waals surface area contributed by atoms with Crippen LogP contribution in [0.1, 0.15) is 43.7 Å². The minimum absolute atomic E-state index is 0.713. The van der Waals surface area contributed by atoms with E-state index in [1.165, 1.54) is 37.9 Å². The number of benzene rings is 1. The van der Waals surface area contributed by atoms with Crippen LogP contribution < -0.4 is 4.74 Å². The number of rotatable bonds is 3. The van der Waals surface area contributed by atoms with E-state index in [-0.39, 0.29) is 0 Å². The molecule has 0 aromatic heterocycles. The van der Waals surface area contributed by atoms with E-state index in [4.69, 9.17) is 4.74 Å². The van der Waals surface area contributed by atoms with Crippen LogP contribution >= 0.6 is 0 Å².